The molecular formula is C17H22ClN3. The molecule has 2 saturated carbocycles. The fraction of sp³-hybridized carbons (Fsp3) is 0.647. The van der Waals surface area contributed by atoms with Crippen LogP contribution in [0, 0.1) is 17.8 Å². The van der Waals surface area contributed by atoms with Crippen LogP contribution in [0.25, 0.3) is 11.2 Å². The lowest BCUT2D eigenvalue weighted by Gasteiger charge is -2.30. The summed E-state index contributed by atoms with van der Waals surface area (Å²) in [6.07, 6.45) is 8.40. The van der Waals surface area contributed by atoms with E-state index >= 15 is 0 Å². The number of halogens is 1. The van der Waals surface area contributed by atoms with E-state index in [0.717, 1.165) is 41.2 Å². The van der Waals surface area contributed by atoms with Crippen molar-refractivity contribution >= 4 is 22.8 Å². The molecule has 0 aromatic carbocycles. The van der Waals surface area contributed by atoms with Gasteiger partial charge >= 0.3 is 0 Å². The van der Waals surface area contributed by atoms with E-state index in [1.54, 1.807) is 0 Å². The topological polar surface area (TPSA) is 30.7 Å². The fourth-order valence-electron chi connectivity index (χ4n) is 4.74. The molecule has 0 amide bonds. The highest BCUT2D eigenvalue weighted by Gasteiger charge is 2.42. The number of fused-ring (bicyclic) bond motifs is 3. The van der Waals surface area contributed by atoms with Crippen molar-refractivity contribution in [2.75, 3.05) is 5.88 Å². The van der Waals surface area contributed by atoms with E-state index in [4.69, 9.17) is 16.6 Å². The first-order chi connectivity index (χ1) is 10.3. The molecule has 0 saturated heterocycles. The largest absolute Gasteiger partial charge is 0.310 e. The fourth-order valence-corrected chi connectivity index (χ4v) is 4.91. The lowest BCUT2D eigenvalue weighted by molar-refractivity contribution is 0.242. The molecule has 4 atom stereocenters. The molecule has 2 aromatic rings. The Labute approximate surface area is 130 Å². The number of alkyl halides is 1. The minimum atomic E-state index is 0.485. The van der Waals surface area contributed by atoms with Gasteiger partial charge in [-0.1, -0.05) is 6.42 Å². The zero-order valence-corrected chi connectivity index (χ0v) is 13.3. The highest BCUT2D eigenvalue weighted by atomic mass is 35.5. The molecule has 0 aliphatic heterocycles. The maximum atomic E-state index is 5.99. The number of hydrogen-bond acceptors (Lipinski definition) is 2. The second-order valence-corrected chi connectivity index (χ2v) is 7.14. The van der Waals surface area contributed by atoms with Crippen molar-refractivity contribution in [3.8, 4) is 0 Å². The monoisotopic (exact) mass is 303 g/mol. The van der Waals surface area contributed by atoms with Crippen molar-refractivity contribution in [3.63, 3.8) is 0 Å². The number of rotatable bonds is 4. The number of nitrogens with zero attached hydrogens (tertiary/aromatic N) is 3. The van der Waals surface area contributed by atoms with E-state index in [2.05, 4.69) is 22.5 Å². The average molecular weight is 304 g/mol. The maximum absolute atomic E-state index is 5.99. The van der Waals surface area contributed by atoms with E-state index in [-0.39, 0.29) is 0 Å². The van der Waals surface area contributed by atoms with E-state index in [1.807, 2.05) is 12.3 Å². The van der Waals surface area contributed by atoms with Crippen LogP contribution in [0.15, 0.2) is 18.3 Å². The number of imidazole rings is 1. The lowest BCUT2D eigenvalue weighted by atomic mass is 9.84. The van der Waals surface area contributed by atoms with Crippen LogP contribution in [0.3, 0.4) is 0 Å². The van der Waals surface area contributed by atoms with Crippen molar-refractivity contribution in [2.45, 2.75) is 45.1 Å². The molecule has 2 fully saturated rings. The molecule has 2 aliphatic carbocycles. The molecule has 0 radical (unpaired) electrons. The summed E-state index contributed by atoms with van der Waals surface area (Å²) in [7, 11) is 0. The van der Waals surface area contributed by atoms with Gasteiger partial charge in [-0.2, -0.15) is 0 Å². The highest BCUT2D eigenvalue weighted by molar-refractivity contribution is 6.17. The van der Waals surface area contributed by atoms with Gasteiger partial charge in [-0.25, -0.2) is 9.97 Å². The van der Waals surface area contributed by atoms with Crippen molar-refractivity contribution in [3.05, 3.63) is 24.2 Å². The van der Waals surface area contributed by atoms with Gasteiger partial charge < -0.3 is 4.57 Å². The summed E-state index contributed by atoms with van der Waals surface area (Å²) in [6.45, 7) is 2.36. The Morgan fingerprint density at radius 3 is 3.00 bits per heavy atom. The molecule has 4 rings (SSSR count). The number of hydrogen-bond donors (Lipinski definition) is 0. The summed E-state index contributed by atoms with van der Waals surface area (Å²) < 4.78 is 2.38. The maximum Gasteiger partial charge on any atom is 0.160 e. The van der Waals surface area contributed by atoms with Crippen LogP contribution in [0.1, 0.15) is 44.5 Å². The average Bonchev–Trinajstić information content (AvgIpc) is 3.20. The van der Waals surface area contributed by atoms with Crippen LogP contribution in [0.5, 0.6) is 0 Å². The minimum absolute atomic E-state index is 0.485. The van der Waals surface area contributed by atoms with Gasteiger partial charge in [0.2, 0.25) is 0 Å². The second-order valence-electron chi connectivity index (χ2n) is 6.76. The van der Waals surface area contributed by atoms with Gasteiger partial charge in [0.15, 0.2) is 5.65 Å². The molecule has 2 aromatic heterocycles. The highest BCUT2D eigenvalue weighted by Crippen LogP contribution is 2.52. The van der Waals surface area contributed by atoms with Crippen molar-refractivity contribution in [2.24, 2.45) is 17.8 Å². The normalized spacial score (nSPS) is 29.3. The summed E-state index contributed by atoms with van der Waals surface area (Å²) >= 11 is 5.99. The SMILES string of the molecule is CC(C1CC2CCC1C2)n1c(CCCl)nc2cccnc21. The van der Waals surface area contributed by atoms with Gasteiger partial charge in [-0.3, -0.25) is 0 Å². The third kappa shape index (κ3) is 2.17. The Hall–Kier alpha value is -1.09. The Morgan fingerprint density at radius 1 is 1.38 bits per heavy atom. The molecule has 0 N–H and O–H groups in total. The molecule has 2 bridgehead atoms. The zero-order valence-electron chi connectivity index (χ0n) is 12.5. The molecule has 4 heteroatoms. The van der Waals surface area contributed by atoms with Crippen LogP contribution in [0.4, 0.5) is 0 Å². The van der Waals surface area contributed by atoms with Crippen LogP contribution in [0.2, 0.25) is 0 Å². The lowest BCUT2D eigenvalue weighted by Crippen LogP contribution is -2.23. The molecule has 0 spiro atoms. The molecule has 2 aliphatic rings. The molecule has 3 nitrogen and oxygen atoms in total. The van der Waals surface area contributed by atoms with Crippen molar-refractivity contribution in [1.29, 1.82) is 0 Å². The van der Waals surface area contributed by atoms with E-state index in [1.165, 1.54) is 25.7 Å². The van der Waals surface area contributed by atoms with Gasteiger partial charge in [-0.05, 0) is 56.1 Å². The summed E-state index contributed by atoms with van der Waals surface area (Å²) in [5.41, 5.74) is 2.04. The van der Waals surface area contributed by atoms with Crippen molar-refractivity contribution in [1.82, 2.24) is 14.5 Å². The van der Waals surface area contributed by atoms with Crippen LogP contribution in [-0.2, 0) is 6.42 Å². The van der Waals surface area contributed by atoms with Crippen LogP contribution in [-0.4, -0.2) is 20.4 Å². The van der Waals surface area contributed by atoms with Crippen molar-refractivity contribution < 1.29 is 0 Å². The van der Waals surface area contributed by atoms with E-state index in [0.29, 0.717) is 11.9 Å². The predicted molar refractivity (Wildman–Crippen MR) is 85.6 cm³/mol. The van der Waals surface area contributed by atoms with Gasteiger partial charge in [0, 0.05) is 24.5 Å². The number of aryl methyl sites for hydroxylation is 1. The van der Waals surface area contributed by atoms with Crippen LogP contribution < -0.4 is 0 Å². The molecule has 2 heterocycles. The van der Waals surface area contributed by atoms with Gasteiger partial charge in [0.05, 0.1) is 0 Å². The Kier molecular flexibility index (Phi) is 3.41. The quantitative estimate of drug-likeness (QED) is 0.792. The number of aromatic nitrogens is 3. The van der Waals surface area contributed by atoms with E-state index < -0.39 is 0 Å². The molecule has 4 unspecified atom stereocenters. The third-order valence-corrected chi connectivity index (χ3v) is 5.85. The standard InChI is InChI=1S/C17H22ClN3/c1-11(14-10-12-4-5-13(14)9-12)21-16(6-7-18)20-15-3-2-8-19-17(15)21/h2-3,8,11-14H,4-7,9-10H2,1H3. The molecule has 112 valence electrons. The number of pyridine rings is 1. The van der Waals surface area contributed by atoms with Gasteiger partial charge in [0.25, 0.3) is 0 Å². The summed E-state index contributed by atoms with van der Waals surface area (Å²) in [6, 6.07) is 4.51. The van der Waals surface area contributed by atoms with Gasteiger partial charge in [-0.15, -0.1) is 11.6 Å². The molecule has 21 heavy (non-hydrogen) atoms. The summed E-state index contributed by atoms with van der Waals surface area (Å²) in [4.78, 5) is 9.37. The molecular weight excluding hydrogens is 282 g/mol. The van der Waals surface area contributed by atoms with Crippen LogP contribution >= 0.6 is 11.6 Å². The Bertz CT molecular complexity index is 651. The second kappa shape index (κ2) is 5.28. The summed E-state index contributed by atoms with van der Waals surface area (Å²) in [5, 5.41) is 0. The van der Waals surface area contributed by atoms with Gasteiger partial charge in [0.1, 0.15) is 11.3 Å². The third-order valence-electron chi connectivity index (χ3n) is 5.66. The smallest absolute Gasteiger partial charge is 0.160 e. The predicted octanol–water partition coefficient (Wildman–Crippen LogP) is 4.21. The first kappa shape index (κ1) is 13.6. The Morgan fingerprint density at radius 2 is 2.29 bits per heavy atom. The zero-order chi connectivity index (χ0) is 14.4. The first-order valence-corrected chi connectivity index (χ1v) is 8.69. The minimum Gasteiger partial charge on any atom is -0.310 e. The van der Waals surface area contributed by atoms with E-state index in [9.17, 15) is 0 Å². The summed E-state index contributed by atoms with van der Waals surface area (Å²) in [5.74, 6) is 4.40. The first-order valence-electron chi connectivity index (χ1n) is 8.15. The Balaban J connectivity index is 1.75.